The van der Waals surface area contributed by atoms with E-state index >= 15 is 0 Å². The van der Waals surface area contributed by atoms with E-state index in [1.165, 1.54) is 6.33 Å². The summed E-state index contributed by atoms with van der Waals surface area (Å²) in [5.41, 5.74) is -2.27. The van der Waals surface area contributed by atoms with Gasteiger partial charge in [-0.15, -0.1) is 0 Å². The van der Waals surface area contributed by atoms with Crippen molar-refractivity contribution in [3.63, 3.8) is 0 Å². The Balaban J connectivity index is 1.40. The van der Waals surface area contributed by atoms with Crippen molar-refractivity contribution in [1.29, 1.82) is 0 Å². The maximum absolute atomic E-state index is 13.0. The lowest BCUT2D eigenvalue weighted by Gasteiger charge is -2.32. The second kappa shape index (κ2) is 8.46. The van der Waals surface area contributed by atoms with E-state index in [9.17, 15) is 27.9 Å². The lowest BCUT2D eigenvalue weighted by molar-refractivity contribution is -0.245. The quantitative estimate of drug-likeness (QED) is 0.452. The van der Waals surface area contributed by atoms with E-state index in [0.29, 0.717) is 43.6 Å². The van der Waals surface area contributed by atoms with E-state index < -0.39 is 29.6 Å². The Morgan fingerprint density at radius 2 is 1.82 bits per heavy atom. The van der Waals surface area contributed by atoms with Crippen LogP contribution in [-0.4, -0.2) is 65.3 Å². The Labute approximate surface area is 185 Å². The van der Waals surface area contributed by atoms with Crippen LogP contribution in [0.25, 0.3) is 17.0 Å². The van der Waals surface area contributed by atoms with Crippen LogP contribution < -0.4 is 10.6 Å². The van der Waals surface area contributed by atoms with E-state index in [1.807, 2.05) is 0 Å². The second-order valence-corrected chi connectivity index (χ2v) is 8.15. The summed E-state index contributed by atoms with van der Waals surface area (Å²) in [7, 11) is 0. The molecule has 3 heterocycles. The zero-order chi connectivity index (χ0) is 23.8. The number of hydrogen-bond acceptors (Lipinski definition) is 6. The van der Waals surface area contributed by atoms with E-state index in [0.717, 1.165) is 0 Å². The van der Waals surface area contributed by atoms with Crippen molar-refractivity contribution < 1.29 is 27.9 Å². The SMILES string of the molecule is C[C@](O)(C(=O)N[C@H]1CC[C@H](NC(=O)c2nc(-n3ccnc3)nc3cc[nH]c23)CC1)C(F)(F)F. The molecule has 1 atom stereocenters. The van der Waals surface area contributed by atoms with Crippen LogP contribution in [0, 0.1) is 0 Å². The Hall–Kier alpha value is -3.48. The zero-order valence-electron chi connectivity index (χ0n) is 17.6. The molecule has 1 saturated carbocycles. The monoisotopic (exact) mass is 465 g/mol. The number of carbonyl (C=O) groups is 2. The number of carbonyl (C=O) groups excluding carboxylic acids is 2. The van der Waals surface area contributed by atoms with Crippen LogP contribution in [0.4, 0.5) is 13.2 Å². The summed E-state index contributed by atoms with van der Waals surface area (Å²) in [6.45, 7) is 0.426. The van der Waals surface area contributed by atoms with Crippen molar-refractivity contribution in [2.24, 2.45) is 0 Å². The molecule has 0 bridgehead atoms. The van der Waals surface area contributed by atoms with E-state index in [2.05, 4.69) is 30.6 Å². The van der Waals surface area contributed by atoms with Crippen molar-refractivity contribution in [1.82, 2.24) is 35.1 Å². The molecule has 13 heteroatoms. The predicted octanol–water partition coefficient (Wildman–Crippen LogP) is 1.61. The third-order valence-electron chi connectivity index (χ3n) is 5.74. The first-order valence-corrected chi connectivity index (χ1v) is 10.3. The fourth-order valence-electron chi connectivity index (χ4n) is 3.68. The number of imidazole rings is 1. The highest BCUT2D eigenvalue weighted by atomic mass is 19.4. The van der Waals surface area contributed by atoms with E-state index in [4.69, 9.17) is 0 Å². The van der Waals surface area contributed by atoms with Gasteiger partial charge in [-0.05, 0) is 38.7 Å². The number of alkyl halides is 3. The molecule has 0 radical (unpaired) electrons. The third-order valence-corrected chi connectivity index (χ3v) is 5.74. The van der Waals surface area contributed by atoms with Crippen molar-refractivity contribution in [2.75, 3.05) is 0 Å². The third kappa shape index (κ3) is 4.53. The van der Waals surface area contributed by atoms with Gasteiger partial charge in [0, 0.05) is 30.7 Å². The first-order chi connectivity index (χ1) is 15.6. The first kappa shape index (κ1) is 22.7. The molecule has 0 aromatic carbocycles. The summed E-state index contributed by atoms with van der Waals surface area (Å²) in [6, 6.07) is 0.949. The molecule has 1 aliphatic carbocycles. The highest BCUT2D eigenvalue weighted by Crippen LogP contribution is 2.31. The molecular formula is C20H22F3N7O3. The van der Waals surface area contributed by atoms with Gasteiger partial charge in [0.25, 0.3) is 11.8 Å². The number of aliphatic hydroxyl groups is 1. The first-order valence-electron chi connectivity index (χ1n) is 10.3. The highest BCUT2D eigenvalue weighted by molar-refractivity contribution is 6.03. The molecule has 3 aromatic heterocycles. The summed E-state index contributed by atoms with van der Waals surface area (Å²) in [6.07, 6.45) is 2.91. The summed E-state index contributed by atoms with van der Waals surface area (Å²) < 4.78 is 40.1. The van der Waals surface area contributed by atoms with Gasteiger partial charge in [0.15, 0.2) is 5.69 Å². The summed E-state index contributed by atoms with van der Waals surface area (Å²) in [4.78, 5) is 40.5. The smallest absolute Gasteiger partial charge is 0.373 e. The number of amides is 2. The number of nitrogens with one attached hydrogen (secondary N) is 3. The lowest BCUT2D eigenvalue weighted by Crippen LogP contribution is -2.57. The van der Waals surface area contributed by atoms with Gasteiger partial charge in [0.2, 0.25) is 11.5 Å². The molecule has 33 heavy (non-hydrogen) atoms. The molecule has 0 spiro atoms. The average Bonchev–Trinajstić information content (AvgIpc) is 3.45. The van der Waals surface area contributed by atoms with Gasteiger partial charge in [-0.1, -0.05) is 0 Å². The summed E-state index contributed by atoms with van der Waals surface area (Å²) >= 11 is 0. The normalized spacial score (nSPS) is 20.9. The molecule has 0 saturated heterocycles. The topological polar surface area (TPSA) is 138 Å². The Bertz CT molecular complexity index is 1150. The van der Waals surface area contributed by atoms with Crippen LogP contribution in [0.5, 0.6) is 0 Å². The van der Waals surface area contributed by atoms with Crippen LogP contribution in [0.3, 0.4) is 0 Å². The standard InChI is InChI=1S/C20H22F3N7O3/c1-19(33,20(21,22)23)17(32)27-12-4-2-11(3-5-12)26-16(31)15-14-13(6-7-25-14)28-18(29-15)30-9-8-24-10-30/h6-12,25,33H,2-5H2,1H3,(H,26,31)(H,27,32)/t11-,12-,19-/m0/s1. The van der Waals surface area contributed by atoms with Gasteiger partial charge in [0.05, 0.1) is 11.0 Å². The minimum absolute atomic E-state index is 0.158. The molecule has 1 fully saturated rings. The number of hydrogen-bond donors (Lipinski definition) is 4. The van der Waals surface area contributed by atoms with Crippen molar-refractivity contribution in [2.45, 2.75) is 56.5 Å². The molecule has 10 nitrogen and oxygen atoms in total. The molecule has 2 amide bonds. The number of aromatic amines is 1. The number of nitrogens with zero attached hydrogens (tertiary/aromatic N) is 4. The Kier molecular flexibility index (Phi) is 5.82. The van der Waals surface area contributed by atoms with Crippen molar-refractivity contribution in [3.05, 3.63) is 36.7 Å². The Morgan fingerprint density at radius 3 is 2.42 bits per heavy atom. The van der Waals surface area contributed by atoms with E-state index in [-0.39, 0.29) is 17.7 Å². The van der Waals surface area contributed by atoms with Crippen molar-refractivity contribution in [3.8, 4) is 5.95 Å². The molecule has 1 aliphatic rings. The second-order valence-electron chi connectivity index (χ2n) is 8.15. The maximum Gasteiger partial charge on any atom is 0.426 e. The number of rotatable bonds is 5. The van der Waals surface area contributed by atoms with Crippen LogP contribution in [0.15, 0.2) is 31.0 Å². The Morgan fingerprint density at radius 1 is 1.15 bits per heavy atom. The van der Waals surface area contributed by atoms with E-state index in [1.54, 1.807) is 29.2 Å². The van der Waals surface area contributed by atoms with Gasteiger partial charge >= 0.3 is 6.18 Å². The fraction of sp³-hybridized carbons (Fsp3) is 0.450. The number of aromatic nitrogens is 5. The van der Waals surface area contributed by atoms with Gasteiger partial charge in [-0.2, -0.15) is 13.2 Å². The minimum Gasteiger partial charge on any atom is -0.373 e. The molecular weight excluding hydrogens is 443 g/mol. The zero-order valence-corrected chi connectivity index (χ0v) is 17.6. The molecule has 0 unspecified atom stereocenters. The minimum atomic E-state index is -5.07. The number of halogens is 3. The van der Waals surface area contributed by atoms with Crippen LogP contribution in [0.1, 0.15) is 43.1 Å². The number of fused-ring (bicyclic) bond motifs is 1. The van der Waals surface area contributed by atoms with Gasteiger partial charge in [-0.25, -0.2) is 15.0 Å². The lowest BCUT2D eigenvalue weighted by atomic mass is 9.90. The molecule has 176 valence electrons. The fourth-order valence-corrected chi connectivity index (χ4v) is 3.68. The molecule has 3 aromatic rings. The van der Waals surface area contributed by atoms with Gasteiger partial charge in [0.1, 0.15) is 6.33 Å². The average molecular weight is 465 g/mol. The molecule has 4 N–H and O–H groups in total. The predicted molar refractivity (Wildman–Crippen MR) is 109 cm³/mol. The molecule has 4 rings (SSSR count). The largest absolute Gasteiger partial charge is 0.426 e. The van der Waals surface area contributed by atoms with Crippen molar-refractivity contribution >= 4 is 22.8 Å². The summed E-state index contributed by atoms with van der Waals surface area (Å²) in [5, 5.41) is 14.7. The molecule has 0 aliphatic heterocycles. The highest BCUT2D eigenvalue weighted by Gasteiger charge is 2.56. The van der Waals surface area contributed by atoms with Crippen LogP contribution in [0.2, 0.25) is 0 Å². The number of H-pyrrole nitrogens is 1. The summed E-state index contributed by atoms with van der Waals surface area (Å²) in [5.74, 6) is -1.61. The maximum atomic E-state index is 13.0. The van der Waals surface area contributed by atoms with Gasteiger partial charge in [-0.3, -0.25) is 14.2 Å². The van der Waals surface area contributed by atoms with Gasteiger partial charge < -0.3 is 20.7 Å². The van der Waals surface area contributed by atoms with Crippen LogP contribution >= 0.6 is 0 Å². The van der Waals surface area contributed by atoms with Crippen LogP contribution in [-0.2, 0) is 4.79 Å².